The van der Waals surface area contributed by atoms with Crippen molar-refractivity contribution in [2.24, 2.45) is 5.34 Å². The Kier molecular flexibility index (Phi) is 4.98. The van der Waals surface area contributed by atoms with Crippen molar-refractivity contribution in [3.8, 4) is 0 Å². The molecule has 1 N–H and O–H groups in total. The normalized spacial score (nSPS) is 9.67. The maximum absolute atomic E-state index is 9.31. The number of nitrogens with zero attached hydrogens (tertiary/aromatic N) is 2. The minimum atomic E-state index is -0.0183. The predicted octanol–water partition coefficient (Wildman–Crippen LogP) is 0.0208. The van der Waals surface area contributed by atoms with Crippen molar-refractivity contribution < 1.29 is 15.0 Å². The van der Waals surface area contributed by atoms with Crippen molar-refractivity contribution in [3.05, 3.63) is 4.91 Å². The molecule has 0 radical (unpaired) electrons. The second-order valence-corrected chi connectivity index (χ2v) is 1.45. The van der Waals surface area contributed by atoms with Gasteiger partial charge in [0.15, 0.2) is 12.1 Å². The van der Waals surface area contributed by atoms with Gasteiger partial charge in [-0.15, -0.1) is 4.91 Å². The number of hydrogen-bond acceptors (Lipinski definition) is 6. The summed E-state index contributed by atoms with van der Waals surface area (Å²) in [5.74, 6) is 0. The van der Waals surface area contributed by atoms with Gasteiger partial charge < -0.3 is 4.84 Å². The van der Waals surface area contributed by atoms with E-state index in [1.54, 1.807) is 7.05 Å². The fourth-order valence-electron chi connectivity index (χ4n) is 0.258. The molecule has 0 aliphatic rings. The largest absolute Gasteiger partial charge is 0.348 e. The first-order valence-electron chi connectivity index (χ1n) is 2.20. The van der Waals surface area contributed by atoms with E-state index in [9.17, 15) is 4.91 Å². The summed E-state index contributed by atoms with van der Waals surface area (Å²) in [5, 5.41) is 9.96. The zero-order valence-corrected chi connectivity index (χ0v) is 4.98. The molecular weight excluding hydrogens is 128 g/mol. The minimum absolute atomic E-state index is 0.00403. The van der Waals surface area contributed by atoms with Crippen LogP contribution in [0.3, 0.4) is 0 Å². The molecule has 0 aliphatic carbocycles. The highest BCUT2D eigenvalue weighted by Crippen LogP contribution is 1.82. The van der Waals surface area contributed by atoms with Crippen molar-refractivity contribution in [3.63, 3.8) is 0 Å². The maximum atomic E-state index is 9.31. The molecule has 0 fully saturated rings. The molecule has 9 heavy (non-hydrogen) atoms. The topological polar surface area (TPSA) is 71.4 Å². The Morgan fingerprint density at radius 2 is 2.33 bits per heavy atom. The Balaban J connectivity index is 3.04. The lowest BCUT2D eigenvalue weighted by atomic mass is 10.9. The average molecular weight is 136 g/mol. The van der Waals surface area contributed by atoms with Crippen LogP contribution in [0.25, 0.3) is 0 Å². The van der Waals surface area contributed by atoms with Crippen LogP contribution in [0.15, 0.2) is 5.34 Å². The van der Waals surface area contributed by atoms with E-state index in [1.165, 1.54) is 4.90 Å². The monoisotopic (exact) mass is 136 g/mol. The summed E-state index contributed by atoms with van der Waals surface area (Å²) in [6.45, 7) is -0.0143. The molecule has 0 unspecified atom stereocenters. The molecule has 0 saturated heterocycles. The molecule has 0 aromatic heterocycles. The molecular formula is C3H8N2O4. The van der Waals surface area contributed by atoms with Crippen LogP contribution in [-0.4, -0.2) is 30.7 Å². The van der Waals surface area contributed by atoms with Crippen molar-refractivity contribution in [1.29, 1.82) is 0 Å². The van der Waals surface area contributed by atoms with E-state index in [4.69, 9.17) is 5.26 Å². The van der Waals surface area contributed by atoms with E-state index < -0.39 is 0 Å². The summed E-state index contributed by atoms with van der Waals surface area (Å²) in [6, 6.07) is 0. The summed E-state index contributed by atoms with van der Waals surface area (Å²) in [7, 11) is 1.58. The molecule has 0 amide bonds. The van der Waals surface area contributed by atoms with Gasteiger partial charge in [-0.25, -0.2) is 9.79 Å². The second-order valence-electron chi connectivity index (χ2n) is 1.45. The van der Waals surface area contributed by atoms with Crippen LogP contribution in [0.2, 0.25) is 0 Å². The van der Waals surface area contributed by atoms with Gasteiger partial charge in [-0.05, 0) is 7.05 Å². The van der Waals surface area contributed by atoms with Crippen LogP contribution >= 0.6 is 0 Å². The van der Waals surface area contributed by atoms with Crippen molar-refractivity contribution in [2.75, 3.05) is 20.5 Å². The summed E-state index contributed by atoms with van der Waals surface area (Å²) >= 11 is 0. The lowest BCUT2D eigenvalue weighted by molar-refractivity contribution is -0.272. The third-order valence-corrected chi connectivity index (χ3v) is 0.609. The molecule has 0 aromatic carbocycles. The fraction of sp³-hybridized carbons (Fsp3) is 1.00. The van der Waals surface area contributed by atoms with Gasteiger partial charge in [-0.3, -0.25) is 5.26 Å². The van der Waals surface area contributed by atoms with Gasteiger partial charge in [0.25, 0.3) is 0 Å². The SMILES string of the molecule is CN(COO)CON=O. The molecule has 0 aliphatic heterocycles. The summed E-state index contributed by atoms with van der Waals surface area (Å²) in [5.41, 5.74) is 0. The third kappa shape index (κ3) is 5.15. The van der Waals surface area contributed by atoms with Gasteiger partial charge in [0, 0.05) is 0 Å². The predicted molar refractivity (Wildman–Crippen MR) is 28.1 cm³/mol. The molecule has 6 heteroatoms. The van der Waals surface area contributed by atoms with E-state index in [-0.39, 0.29) is 13.5 Å². The molecule has 0 aromatic rings. The van der Waals surface area contributed by atoms with E-state index in [1.807, 2.05) is 0 Å². The van der Waals surface area contributed by atoms with Crippen LogP contribution < -0.4 is 0 Å². The fourth-order valence-corrected chi connectivity index (χ4v) is 0.258. The molecule has 6 nitrogen and oxygen atoms in total. The molecule has 0 spiro atoms. The van der Waals surface area contributed by atoms with E-state index >= 15 is 0 Å². The Morgan fingerprint density at radius 1 is 1.67 bits per heavy atom. The van der Waals surface area contributed by atoms with E-state index in [0.717, 1.165) is 0 Å². The molecule has 0 bridgehead atoms. The molecule has 0 atom stereocenters. The van der Waals surface area contributed by atoms with Crippen LogP contribution in [-0.2, 0) is 9.73 Å². The first-order chi connectivity index (χ1) is 4.31. The first-order valence-corrected chi connectivity index (χ1v) is 2.20. The number of rotatable bonds is 5. The van der Waals surface area contributed by atoms with Crippen molar-refractivity contribution in [1.82, 2.24) is 4.90 Å². The molecule has 54 valence electrons. The molecule has 0 heterocycles. The van der Waals surface area contributed by atoms with Gasteiger partial charge in [-0.1, -0.05) is 0 Å². The third-order valence-electron chi connectivity index (χ3n) is 0.609. The highest BCUT2D eigenvalue weighted by molar-refractivity contribution is 4.27. The van der Waals surface area contributed by atoms with Crippen molar-refractivity contribution in [2.45, 2.75) is 0 Å². The van der Waals surface area contributed by atoms with Crippen LogP contribution in [0.5, 0.6) is 0 Å². The standard InChI is InChI=1S/C3H8N2O4/c1-5(3-9-7)2-8-4-6/h7H,2-3H2,1H3. The average Bonchev–Trinajstić information content (AvgIpc) is 1.85. The van der Waals surface area contributed by atoms with Gasteiger partial charge in [0.05, 0.1) is 0 Å². The Morgan fingerprint density at radius 3 is 2.78 bits per heavy atom. The second kappa shape index (κ2) is 5.42. The minimum Gasteiger partial charge on any atom is -0.348 e. The summed E-state index contributed by atoms with van der Waals surface area (Å²) in [4.78, 5) is 18.5. The first kappa shape index (κ1) is 8.28. The summed E-state index contributed by atoms with van der Waals surface area (Å²) < 4.78 is 0. The number of hydrogen-bond donors (Lipinski definition) is 1. The van der Waals surface area contributed by atoms with Crippen LogP contribution in [0.4, 0.5) is 0 Å². The zero-order chi connectivity index (χ0) is 7.11. The maximum Gasteiger partial charge on any atom is 0.175 e. The van der Waals surface area contributed by atoms with Gasteiger partial charge >= 0.3 is 0 Å². The Hall–Kier alpha value is -0.720. The van der Waals surface area contributed by atoms with Gasteiger partial charge in [0.2, 0.25) is 0 Å². The van der Waals surface area contributed by atoms with Crippen LogP contribution in [0, 0.1) is 4.91 Å². The lowest BCUT2D eigenvalue weighted by Gasteiger charge is -2.09. The van der Waals surface area contributed by atoms with E-state index in [2.05, 4.69) is 15.1 Å². The summed E-state index contributed by atoms with van der Waals surface area (Å²) in [6.07, 6.45) is 0. The van der Waals surface area contributed by atoms with Crippen LogP contribution in [0.1, 0.15) is 0 Å². The molecule has 0 saturated carbocycles. The van der Waals surface area contributed by atoms with Gasteiger partial charge in [0.1, 0.15) is 6.73 Å². The highest BCUT2D eigenvalue weighted by atomic mass is 17.1. The smallest absolute Gasteiger partial charge is 0.175 e. The van der Waals surface area contributed by atoms with E-state index in [0.29, 0.717) is 0 Å². The van der Waals surface area contributed by atoms with Gasteiger partial charge in [-0.2, -0.15) is 0 Å². The Bertz CT molecular complexity index is 78.2. The lowest BCUT2D eigenvalue weighted by Crippen LogP contribution is -2.22. The molecule has 0 rings (SSSR count). The highest BCUT2D eigenvalue weighted by Gasteiger charge is 1.95. The Labute approximate surface area is 51.8 Å². The quantitative estimate of drug-likeness (QED) is 0.249. The van der Waals surface area contributed by atoms with Crippen molar-refractivity contribution >= 4 is 0 Å². The zero-order valence-electron chi connectivity index (χ0n) is 4.98.